The standard InChI is InChI=1S/C5H2F3N3/c6-5(7,8)11-2-4(1-9)10-3-11/h2-3H. The predicted molar refractivity (Wildman–Crippen MR) is 28.2 cm³/mol. The van der Waals surface area contributed by atoms with E-state index in [0.717, 1.165) is 0 Å². The van der Waals surface area contributed by atoms with Crippen LogP contribution in [0.5, 0.6) is 0 Å². The average molecular weight is 161 g/mol. The molecule has 0 aromatic carbocycles. The van der Waals surface area contributed by atoms with Crippen LogP contribution in [-0.4, -0.2) is 9.55 Å². The van der Waals surface area contributed by atoms with Crippen molar-refractivity contribution in [2.24, 2.45) is 0 Å². The van der Waals surface area contributed by atoms with Crippen molar-refractivity contribution in [3.05, 3.63) is 18.2 Å². The zero-order valence-corrected chi connectivity index (χ0v) is 5.13. The molecule has 0 atom stereocenters. The van der Waals surface area contributed by atoms with Gasteiger partial charge in [0.25, 0.3) is 0 Å². The SMILES string of the molecule is N#Cc1cn(C(F)(F)F)cn1. The lowest BCUT2D eigenvalue weighted by Gasteiger charge is -2.03. The van der Waals surface area contributed by atoms with Gasteiger partial charge in [-0.3, -0.25) is 0 Å². The maximum Gasteiger partial charge on any atom is 0.489 e. The number of halogens is 3. The van der Waals surface area contributed by atoms with Crippen LogP contribution in [0.15, 0.2) is 12.5 Å². The molecule has 0 spiro atoms. The number of rotatable bonds is 0. The molecule has 0 radical (unpaired) electrons. The lowest BCUT2D eigenvalue weighted by Crippen LogP contribution is -2.13. The number of alkyl halides is 3. The molecular formula is C5H2F3N3. The molecule has 0 unspecified atom stereocenters. The molecule has 0 fully saturated rings. The minimum Gasteiger partial charge on any atom is -0.247 e. The van der Waals surface area contributed by atoms with E-state index in [1.165, 1.54) is 6.07 Å². The smallest absolute Gasteiger partial charge is 0.247 e. The highest BCUT2D eigenvalue weighted by atomic mass is 19.4. The molecule has 58 valence electrons. The van der Waals surface area contributed by atoms with E-state index in [1.807, 2.05) is 0 Å². The molecule has 3 nitrogen and oxygen atoms in total. The Morgan fingerprint density at radius 2 is 2.18 bits per heavy atom. The van der Waals surface area contributed by atoms with E-state index in [9.17, 15) is 13.2 Å². The Morgan fingerprint density at radius 3 is 2.45 bits per heavy atom. The first-order valence-corrected chi connectivity index (χ1v) is 2.55. The monoisotopic (exact) mass is 161 g/mol. The summed E-state index contributed by atoms with van der Waals surface area (Å²) in [7, 11) is 0. The number of hydrogen-bond acceptors (Lipinski definition) is 2. The van der Waals surface area contributed by atoms with Crippen LogP contribution >= 0.6 is 0 Å². The van der Waals surface area contributed by atoms with Crippen molar-refractivity contribution in [3.63, 3.8) is 0 Å². The van der Waals surface area contributed by atoms with Gasteiger partial charge in [0.2, 0.25) is 0 Å². The van der Waals surface area contributed by atoms with Gasteiger partial charge in [-0.2, -0.15) is 5.26 Å². The number of aromatic nitrogens is 2. The van der Waals surface area contributed by atoms with Gasteiger partial charge in [-0.15, -0.1) is 13.2 Å². The molecule has 1 aromatic rings. The Labute approximate surface area is 59.7 Å². The summed E-state index contributed by atoms with van der Waals surface area (Å²) in [4.78, 5) is 3.18. The highest BCUT2D eigenvalue weighted by Crippen LogP contribution is 2.21. The fourth-order valence-corrected chi connectivity index (χ4v) is 0.519. The Kier molecular flexibility index (Phi) is 1.57. The van der Waals surface area contributed by atoms with E-state index in [-0.39, 0.29) is 10.3 Å². The first kappa shape index (κ1) is 7.60. The second-order valence-corrected chi connectivity index (χ2v) is 1.75. The lowest BCUT2D eigenvalue weighted by molar-refractivity contribution is -0.204. The zero-order valence-electron chi connectivity index (χ0n) is 5.13. The summed E-state index contributed by atoms with van der Waals surface area (Å²) in [6.07, 6.45) is -3.30. The van der Waals surface area contributed by atoms with Crippen molar-refractivity contribution in [2.45, 2.75) is 6.30 Å². The first-order chi connectivity index (χ1) is 5.04. The Hall–Kier alpha value is -1.51. The summed E-state index contributed by atoms with van der Waals surface area (Å²) in [5.41, 5.74) is -0.248. The second-order valence-electron chi connectivity index (χ2n) is 1.75. The molecule has 11 heavy (non-hydrogen) atoms. The molecule has 1 rings (SSSR count). The largest absolute Gasteiger partial charge is 0.489 e. The Bertz CT molecular complexity index is 293. The van der Waals surface area contributed by atoms with E-state index < -0.39 is 6.30 Å². The van der Waals surface area contributed by atoms with E-state index in [4.69, 9.17) is 5.26 Å². The number of imidazole rings is 1. The van der Waals surface area contributed by atoms with Gasteiger partial charge in [-0.1, -0.05) is 0 Å². The van der Waals surface area contributed by atoms with Crippen molar-refractivity contribution >= 4 is 0 Å². The predicted octanol–water partition coefficient (Wildman–Crippen LogP) is 1.23. The number of hydrogen-bond donors (Lipinski definition) is 0. The third-order valence-corrected chi connectivity index (χ3v) is 0.990. The van der Waals surface area contributed by atoms with Crippen LogP contribution in [0.1, 0.15) is 5.69 Å². The van der Waals surface area contributed by atoms with Crippen LogP contribution in [0.3, 0.4) is 0 Å². The molecule has 1 heterocycles. The zero-order chi connectivity index (χ0) is 8.48. The van der Waals surface area contributed by atoms with Gasteiger partial charge in [0.1, 0.15) is 12.4 Å². The number of nitrogens with zero attached hydrogens (tertiary/aromatic N) is 3. The summed E-state index contributed by atoms with van der Waals surface area (Å²) < 4.78 is 35.2. The minimum atomic E-state index is -4.48. The Morgan fingerprint density at radius 1 is 1.55 bits per heavy atom. The summed E-state index contributed by atoms with van der Waals surface area (Å²) in [6, 6.07) is 1.49. The second kappa shape index (κ2) is 2.27. The van der Waals surface area contributed by atoms with Crippen LogP contribution in [-0.2, 0) is 6.30 Å². The highest BCUT2D eigenvalue weighted by molar-refractivity contribution is 5.15. The van der Waals surface area contributed by atoms with Crippen molar-refractivity contribution in [1.29, 1.82) is 5.26 Å². The summed E-state index contributed by atoms with van der Waals surface area (Å²) in [6.45, 7) is 0. The van der Waals surface area contributed by atoms with Crippen molar-refractivity contribution in [2.75, 3.05) is 0 Å². The topological polar surface area (TPSA) is 41.6 Å². The van der Waals surface area contributed by atoms with Crippen molar-refractivity contribution in [1.82, 2.24) is 9.55 Å². The van der Waals surface area contributed by atoms with Crippen LogP contribution in [0.2, 0.25) is 0 Å². The molecule has 0 N–H and O–H groups in total. The molecule has 0 bridgehead atoms. The fraction of sp³-hybridized carbons (Fsp3) is 0.200. The maximum atomic E-state index is 11.8. The average Bonchev–Trinajstić information content (AvgIpc) is 2.32. The van der Waals surface area contributed by atoms with E-state index >= 15 is 0 Å². The molecule has 1 aromatic heterocycles. The lowest BCUT2D eigenvalue weighted by atomic mass is 10.5. The molecular weight excluding hydrogens is 159 g/mol. The van der Waals surface area contributed by atoms with Gasteiger partial charge in [0.05, 0.1) is 6.20 Å². The highest BCUT2D eigenvalue weighted by Gasteiger charge is 2.30. The molecule has 0 saturated heterocycles. The van der Waals surface area contributed by atoms with E-state index in [0.29, 0.717) is 12.5 Å². The number of nitriles is 1. The van der Waals surface area contributed by atoms with E-state index in [2.05, 4.69) is 4.98 Å². The third-order valence-electron chi connectivity index (χ3n) is 0.990. The third kappa shape index (κ3) is 1.49. The fourth-order valence-electron chi connectivity index (χ4n) is 0.519. The quantitative estimate of drug-likeness (QED) is 0.574. The molecule has 0 aliphatic rings. The first-order valence-electron chi connectivity index (χ1n) is 2.55. The molecule has 0 saturated carbocycles. The van der Waals surface area contributed by atoms with Gasteiger partial charge in [0, 0.05) is 0 Å². The van der Waals surface area contributed by atoms with Gasteiger partial charge in [0.15, 0.2) is 5.69 Å². The van der Waals surface area contributed by atoms with E-state index in [1.54, 1.807) is 0 Å². The maximum absolute atomic E-state index is 11.8. The molecule has 0 aliphatic carbocycles. The summed E-state index contributed by atoms with van der Waals surface area (Å²) in [5, 5.41) is 8.12. The van der Waals surface area contributed by atoms with Crippen LogP contribution in [0, 0.1) is 11.3 Å². The summed E-state index contributed by atoms with van der Waals surface area (Å²) in [5.74, 6) is 0. The van der Waals surface area contributed by atoms with Gasteiger partial charge in [-0.05, 0) is 0 Å². The Balaban J connectivity index is 3.01. The van der Waals surface area contributed by atoms with Crippen LogP contribution in [0.25, 0.3) is 0 Å². The van der Waals surface area contributed by atoms with Crippen LogP contribution < -0.4 is 0 Å². The molecule has 0 amide bonds. The normalized spacial score (nSPS) is 11.1. The van der Waals surface area contributed by atoms with Crippen LogP contribution in [0.4, 0.5) is 13.2 Å². The van der Waals surface area contributed by atoms with Crippen molar-refractivity contribution < 1.29 is 13.2 Å². The van der Waals surface area contributed by atoms with Gasteiger partial charge in [-0.25, -0.2) is 9.55 Å². The molecule has 6 heteroatoms. The van der Waals surface area contributed by atoms with Gasteiger partial charge >= 0.3 is 6.30 Å². The minimum absolute atomic E-state index is 0.0778. The van der Waals surface area contributed by atoms with Gasteiger partial charge < -0.3 is 0 Å². The summed E-state index contributed by atoms with van der Waals surface area (Å²) >= 11 is 0. The van der Waals surface area contributed by atoms with Crippen molar-refractivity contribution in [3.8, 4) is 6.07 Å². The molecule has 0 aliphatic heterocycles.